The quantitative estimate of drug-likeness (QED) is 0.792. The van der Waals surface area contributed by atoms with Gasteiger partial charge in [0, 0.05) is 0 Å². The lowest BCUT2D eigenvalue weighted by Crippen LogP contribution is -2.35. The van der Waals surface area contributed by atoms with Crippen molar-refractivity contribution >= 4 is 5.78 Å². The molecule has 0 amide bonds. The zero-order chi connectivity index (χ0) is 10.8. The summed E-state index contributed by atoms with van der Waals surface area (Å²) in [6.45, 7) is -0.0127. The van der Waals surface area contributed by atoms with Crippen LogP contribution in [0.5, 0.6) is 5.75 Å². The van der Waals surface area contributed by atoms with Gasteiger partial charge in [0.25, 0.3) is 0 Å². The van der Waals surface area contributed by atoms with E-state index in [0.717, 1.165) is 5.56 Å². The Morgan fingerprint density at radius 2 is 2.40 bits per heavy atom. The Kier molecular flexibility index (Phi) is 2.68. The van der Waals surface area contributed by atoms with E-state index in [2.05, 4.69) is 0 Å². The fraction of sp³-hybridized carbons (Fsp3) is 0.364. The van der Waals surface area contributed by atoms with Crippen LogP contribution in [0, 0.1) is 5.82 Å². The van der Waals surface area contributed by atoms with Crippen LogP contribution in [0.1, 0.15) is 12.0 Å². The smallest absolute Gasteiger partial charge is 0.186 e. The molecule has 1 aromatic carbocycles. The fourth-order valence-electron chi connectivity index (χ4n) is 1.72. The highest BCUT2D eigenvalue weighted by atomic mass is 19.1. The summed E-state index contributed by atoms with van der Waals surface area (Å²) in [5, 5.41) is 0. The molecule has 15 heavy (non-hydrogen) atoms. The molecular formula is C11H12FNO2. The van der Waals surface area contributed by atoms with Gasteiger partial charge < -0.3 is 10.5 Å². The Bertz CT molecular complexity index is 392. The predicted octanol–water partition coefficient (Wildman–Crippen LogP) is 1.05. The number of halogens is 1. The first-order chi connectivity index (χ1) is 7.20. The third kappa shape index (κ3) is 1.99. The van der Waals surface area contributed by atoms with Crippen LogP contribution in [0.2, 0.25) is 0 Å². The van der Waals surface area contributed by atoms with E-state index < -0.39 is 6.10 Å². The first kappa shape index (κ1) is 10.1. The minimum Gasteiger partial charge on any atom is -0.482 e. The molecule has 80 valence electrons. The minimum absolute atomic E-state index is 0.0127. The van der Waals surface area contributed by atoms with E-state index in [4.69, 9.17) is 10.5 Å². The van der Waals surface area contributed by atoms with Crippen molar-refractivity contribution < 1.29 is 13.9 Å². The number of benzene rings is 1. The summed E-state index contributed by atoms with van der Waals surface area (Å²) in [6, 6.07) is 4.33. The van der Waals surface area contributed by atoms with Crippen LogP contribution < -0.4 is 10.5 Å². The maximum atomic E-state index is 12.9. The molecule has 0 aliphatic carbocycles. The zero-order valence-corrected chi connectivity index (χ0v) is 8.20. The average Bonchev–Trinajstić information content (AvgIpc) is 2.27. The Balaban J connectivity index is 2.20. The Morgan fingerprint density at radius 3 is 3.13 bits per heavy atom. The van der Waals surface area contributed by atoms with E-state index in [1.165, 1.54) is 12.1 Å². The molecule has 0 fully saturated rings. The van der Waals surface area contributed by atoms with Gasteiger partial charge in [0.15, 0.2) is 11.9 Å². The Labute approximate surface area is 87.0 Å². The SMILES string of the molecule is NCC(=O)C1CCc2cc(F)ccc2O1. The number of carbonyl (C=O) groups excluding carboxylic acids is 1. The van der Waals surface area contributed by atoms with Crippen molar-refractivity contribution in [2.75, 3.05) is 6.54 Å². The number of carbonyl (C=O) groups is 1. The van der Waals surface area contributed by atoms with Crippen molar-refractivity contribution in [2.45, 2.75) is 18.9 Å². The summed E-state index contributed by atoms with van der Waals surface area (Å²) in [5.41, 5.74) is 6.07. The molecule has 2 rings (SSSR count). The molecule has 1 aromatic rings. The molecule has 1 heterocycles. The summed E-state index contributed by atoms with van der Waals surface area (Å²) in [7, 11) is 0. The second kappa shape index (κ2) is 3.98. The van der Waals surface area contributed by atoms with Crippen molar-refractivity contribution in [3.63, 3.8) is 0 Å². The van der Waals surface area contributed by atoms with Crippen molar-refractivity contribution in [1.29, 1.82) is 0 Å². The van der Waals surface area contributed by atoms with Crippen molar-refractivity contribution in [3.05, 3.63) is 29.6 Å². The van der Waals surface area contributed by atoms with Crippen LogP contribution in [0.3, 0.4) is 0 Å². The summed E-state index contributed by atoms with van der Waals surface area (Å²) < 4.78 is 18.3. The Morgan fingerprint density at radius 1 is 1.60 bits per heavy atom. The number of hydrogen-bond donors (Lipinski definition) is 1. The molecule has 1 aliphatic heterocycles. The third-order valence-electron chi connectivity index (χ3n) is 2.53. The van der Waals surface area contributed by atoms with E-state index >= 15 is 0 Å². The van der Waals surface area contributed by atoms with Crippen LogP contribution in [0.15, 0.2) is 18.2 Å². The zero-order valence-electron chi connectivity index (χ0n) is 8.20. The van der Waals surface area contributed by atoms with Gasteiger partial charge in [0.1, 0.15) is 11.6 Å². The lowest BCUT2D eigenvalue weighted by molar-refractivity contribution is -0.125. The fourth-order valence-corrected chi connectivity index (χ4v) is 1.72. The number of aryl methyl sites for hydroxylation is 1. The van der Waals surface area contributed by atoms with Gasteiger partial charge in [-0.2, -0.15) is 0 Å². The molecule has 3 nitrogen and oxygen atoms in total. The molecule has 2 N–H and O–H groups in total. The second-order valence-electron chi connectivity index (χ2n) is 3.57. The maximum absolute atomic E-state index is 12.9. The van der Waals surface area contributed by atoms with Crippen LogP contribution in [-0.2, 0) is 11.2 Å². The van der Waals surface area contributed by atoms with Gasteiger partial charge in [0.05, 0.1) is 6.54 Å². The molecule has 0 radical (unpaired) electrons. The minimum atomic E-state index is -0.465. The largest absolute Gasteiger partial charge is 0.482 e. The summed E-state index contributed by atoms with van der Waals surface area (Å²) in [4.78, 5) is 11.3. The molecule has 0 bridgehead atoms. The highest BCUT2D eigenvalue weighted by Gasteiger charge is 2.24. The topological polar surface area (TPSA) is 52.3 Å². The highest BCUT2D eigenvalue weighted by molar-refractivity contribution is 5.85. The highest BCUT2D eigenvalue weighted by Crippen LogP contribution is 2.28. The molecule has 0 saturated heterocycles. The van der Waals surface area contributed by atoms with Crippen molar-refractivity contribution in [1.82, 2.24) is 0 Å². The van der Waals surface area contributed by atoms with Crippen LogP contribution in [0.25, 0.3) is 0 Å². The molecule has 1 unspecified atom stereocenters. The van der Waals surface area contributed by atoms with E-state index in [-0.39, 0.29) is 18.1 Å². The molecule has 0 aromatic heterocycles. The Hall–Kier alpha value is -1.42. The number of ketones is 1. The second-order valence-corrected chi connectivity index (χ2v) is 3.57. The summed E-state index contributed by atoms with van der Waals surface area (Å²) in [5.74, 6) is 0.209. The van der Waals surface area contributed by atoms with E-state index in [0.29, 0.717) is 18.6 Å². The lowest BCUT2D eigenvalue weighted by atomic mass is 10.00. The number of ether oxygens (including phenoxy) is 1. The van der Waals surface area contributed by atoms with Gasteiger partial charge in [0.2, 0.25) is 0 Å². The maximum Gasteiger partial charge on any atom is 0.186 e. The molecule has 4 heteroatoms. The molecule has 0 spiro atoms. The average molecular weight is 209 g/mol. The van der Waals surface area contributed by atoms with E-state index in [1.807, 2.05) is 0 Å². The van der Waals surface area contributed by atoms with Gasteiger partial charge in [-0.05, 0) is 36.6 Å². The van der Waals surface area contributed by atoms with Gasteiger partial charge in [-0.15, -0.1) is 0 Å². The summed E-state index contributed by atoms with van der Waals surface area (Å²) in [6.07, 6.45) is 0.767. The van der Waals surface area contributed by atoms with Gasteiger partial charge in [-0.25, -0.2) is 4.39 Å². The third-order valence-corrected chi connectivity index (χ3v) is 2.53. The van der Waals surface area contributed by atoms with Gasteiger partial charge >= 0.3 is 0 Å². The molecule has 1 atom stereocenters. The van der Waals surface area contributed by atoms with Gasteiger partial charge in [-0.1, -0.05) is 0 Å². The van der Waals surface area contributed by atoms with Crippen molar-refractivity contribution in [2.24, 2.45) is 5.73 Å². The standard InChI is InChI=1S/C11H12FNO2/c12-8-2-4-10-7(5-8)1-3-11(15-10)9(14)6-13/h2,4-5,11H,1,3,6,13H2. The molecule has 1 aliphatic rings. The van der Waals surface area contributed by atoms with Gasteiger partial charge in [-0.3, -0.25) is 4.79 Å². The monoisotopic (exact) mass is 209 g/mol. The number of nitrogens with two attached hydrogens (primary N) is 1. The van der Waals surface area contributed by atoms with Crippen LogP contribution in [-0.4, -0.2) is 18.4 Å². The number of rotatable bonds is 2. The number of hydrogen-bond acceptors (Lipinski definition) is 3. The van der Waals surface area contributed by atoms with Crippen molar-refractivity contribution in [3.8, 4) is 5.75 Å². The molecular weight excluding hydrogens is 197 g/mol. The van der Waals surface area contributed by atoms with E-state index in [9.17, 15) is 9.18 Å². The normalized spacial score (nSPS) is 19.2. The number of Topliss-reactive ketones (excluding diaryl/α,β-unsaturated/α-hetero) is 1. The van der Waals surface area contributed by atoms with Crippen LogP contribution in [0.4, 0.5) is 4.39 Å². The first-order valence-corrected chi connectivity index (χ1v) is 4.88. The lowest BCUT2D eigenvalue weighted by Gasteiger charge is -2.24. The van der Waals surface area contributed by atoms with E-state index in [1.54, 1.807) is 6.07 Å². The number of fused-ring (bicyclic) bond motifs is 1. The van der Waals surface area contributed by atoms with Crippen LogP contribution >= 0.6 is 0 Å². The summed E-state index contributed by atoms with van der Waals surface area (Å²) >= 11 is 0. The predicted molar refractivity (Wildman–Crippen MR) is 53.2 cm³/mol. The first-order valence-electron chi connectivity index (χ1n) is 4.88. The molecule has 0 saturated carbocycles.